The first kappa shape index (κ1) is 11.9. The minimum Gasteiger partial charge on any atom is -0.394 e. The minimum absolute atomic E-state index is 0.301. The van der Waals surface area contributed by atoms with E-state index in [9.17, 15) is 4.39 Å². The molecule has 0 unspecified atom stereocenters. The SMILES string of the molecule is Cc1nn(C)c(Nc2ccc(F)c(Br)c2)c1N. The summed E-state index contributed by atoms with van der Waals surface area (Å²) in [5.74, 6) is 0.394. The number of nitrogens with zero attached hydrogens (tertiary/aromatic N) is 2. The lowest BCUT2D eigenvalue weighted by molar-refractivity contribution is 0.621. The van der Waals surface area contributed by atoms with Crippen molar-refractivity contribution in [1.29, 1.82) is 0 Å². The average molecular weight is 299 g/mol. The van der Waals surface area contributed by atoms with Crippen LogP contribution in [0.5, 0.6) is 0 Å². The van der Waals surface area contributed by atoms with Crippen LogP contribution in [-0.2, 0) is 7.05 Å². The molecule has 0 bridgehead atoms. The zero-order valence-electron chi connectivity index (χ0n) is 9.46. The molecule has 90 valence electrons. The van der Waals surface area contributed by atoms with Crippen molar-refractivity contribution in [3.63, 3.8) is 0 Å². The Balaban J connectivity index is 2.34. The van der Waals surface area contributed by atoms with Crippen LogP contribution in [0.3, 0.4) is 0 Å². The maximum atomic E-state index is 13.1. The first-order valence-electron chi connectivity index (χ1n) is 5.00. The molecule has 6 heteroatoms. The fourth-order valence-electron chi connectivity index (χ4n) is 1.53. The Morgan fingerprint density at radius 3 is 2.71 bits per heavy atom. The monoisotopic (exact) mass is 298 g/mol. The molecule has 0 amide bonds. The first-order valence-corrected chi connectivity index (χ1v) is 5.79. The molecule has 0 saturated carbocycles. The van der Waals surface area contributed by atoms with E-state index in [0.717, 1.165) is 11.4 Å². The standard InChI is InChI=1S/C11H12BrFN4/c1-6-10(14)11(17(2)16-6)15-7-3-4-9(13)8(12)5-7/h3-5,15H,14H2,1-2H3. The number of rotatable bonds is 2. The van der Waals surface area contributed by atoms with E-state index in [-0.39, 0.29) is 5.82 Å². The summed E-state index contributed by atoms with van der Waals surface area (Å²) >= 11 is 3.13. The highest BCUT2D eigenvalue weighted by molar-refractivity contribution is 9.10. The summed E-state index contributed by atoms with van der Waals surface area (Å²) in [7, 11) is 1.80. The van der Waals surface area contributed by atoms with Gasteiger partial charge in [0.15, 0.2) is 5.82 Å². The van der Waals surface area contributed by atoms with Crippen molar-refractivity contribution in [1.82, 2.24) is 9.78 Å². The summed E-state index contributed by atoms with van der Waals surface area (Å²) < 4.78 is 15.1. The van der Waals surface area contributed by atoms with E-state index in [0.29, 0.717) is 16.0 Å². The van der Waals surface area contributed by atoms with Crippen LogP contribution in [0.25, 0.3) is 0 Å². The fourth-order valence-corrected chi connectivity index (χ4v) is 1.91. The number of hydrogen-bond donors (Lipinski definition) is 2. The molecule has 4 nitrogen and oxygen atoms in total. The maximum absolute atomic E-state index is 13.1. The van der Waals surface area contributed by atoms with E-state index in [2.05, 4.69) is 26.3 Å². The summed E-state index contributed by atoms with van der Waals surface area (Å²) in [5, 5.41) is 7.30. The number of nitrogens with two attached hydrogens (primary N) is 1. The van der Waals surface area contributed by atoms with Gasteiger partial charge in [0.1, 0.15) is 5.82 Å². The highest BCUT2D eigenvalue weighted by atomic mass is 79.9. The molecule has 2 aromatic rings. The minimum atomic E-state index is -0.301. The third kappa shape index (κ3) is 2.26. The van der Waals surface area contributed by atoms with Gasteiger partial charge in [-0.15, -0.1) is 0 Å². The first-order chi connectivity index (χ1) is 7.99. The molecule has 1 aromatic heterocycles. The van der Waals surface area contributed by atoms with E-state index in [1.54, 1.807) is 23.9 Å². The zero-order chi connectivity index (χ0) is 12.6. The Morgan fingerprint density at radius 1 is 1.47 bits per heavy atom. The van der Waals surface area contributed by atoms with Gasteiger partial charge in [-0.2, -0.15) is 5.10 Å². The second kappa shape index (κ2) is 4.37. The van der Waals surface area contributed by atoms with Crippen molar-refractivity contribution >= 4 is 33.1 Å². The van der Waals surface area contributed by atoms with Gasteiger partial charge in [-0.05, 0) is 41.1 Å². The molecular formula is C11H12BrFN4. The van der Waals surface area contributed by atoms with Gasteiger partial charge >= 0.3 is 0 Å². The molecule has 0 spiro atoms. The second-order valence-corrected chi connectivity index (χ2v) is 4.58. The van der Waals surface area contributed by atoms with Crippen LogP contribution in [0.1, 0.15) is 5.69 Å². The Kier molecular flexibility index (Phi) is 3.06. The highest BCUT2D eigenvalue weighted by Gasteiger charge is 2.10. The third-order valence-corrected chi connectivity index (χ3v) is 3.06. The maximum Gasteiger partial charge on any atom is 0.152 e. The van der Waals surface area contributed by atoms with Crippen LogP contribution in [0, 0.1) is 12.7 Å². The molecule has 3 N–H and O–H groups in total. The zero-order valence-corrected chi connectivity index (χ0v) is 11.0. The quantitative estimate of drug-likeness (QED) is 0.896. The molecule has 17 heavy (non-hydrogen) atoms. The van der Waals surface area contributed by atoms with Crippen LogP contribution in [0.2, 0.25) is 0 Å². The predicted octanol–water partition coefficient (Wildman–Crippen LogP) is 2.96. The molecule has 1 heterocycles. The van der Waals surface area contributed by atoms with E-state index in [1.165, 1.54) is 6.07 Å². The number of anilines is 3. The Labute approximate surface area is 107 Å². The van der Waals surface area contributed by atoms with Gasteiger partial charge in [0.2, 0.25) is 0 Å². The largest absolute Gasteiger partial charge is 0.394 e. The molecule has 0 fully saturated rings. The lowest BCUT2D eigenvalue weighted by Crippen LogP contribution is -2.01. The molecule has 0 radical (unpaired) electrons. The second-order valence-electron chi connectivity index (χ2n) is 3.73. The van der Waals surface area contributed by atoms with Crippen molar-refractivity contribution < 1.29 is 4.39 Å². The molecule has 2 rings (SSSR count). The van der Waals surface area contributed by atoms with Crippen LogP contribution in [0.15, 0.2) is 22.7 Å². The van der Waals surface area contributed by atoms with E-state index < -0.39 is 0 Å². The topological polar surface area (TPSA) is 55.9 Å². The summed E-state index contributed by atoms with van der Waals surface area (Å²) in [4.78, 5) is 0. The van der Waals surface area contributed by atoms with Gasteiger partial charge < -0.3 is 11.1 Å². The van der Waals surface area contributed by atoms with Crippen molar-refractivity contribution in [3.8, 4) is 0 Å². The van der Waals surface area contributed by atoms with E-state index >= 15 is 0 Å². The lowest BCUT2D eigenvalue weighted by Gasteiger charge is -2.08. The van der Waals surface area contributed by atoms with E-state index in [1.807, 2.05) is 6.92 Å². The summed E-state index contributed by atoms with van der Waals surface area (Å²) in [6.45, 7) is 1.83. The number of aromatic nitrogens is 2. The number of nitrogen functional groups attached to an aromatic ring is 1. The number of aryl methyl sites for hydroxylation is 2. The van der Waals surface area contributed by atoms with E-state index in [4.69, 9.17) is 5.73 Å². The number of nitrogens with one attached hydrogen (secondary N) is 1. The van der Waals surface area contributed by atoms with Crippen molar-refractivity contribution in [2.45, 2.75) is 6.92 Å². The lowest BCUT2D eigenvalue weighted by atomic mass is 10.3. The number of halogens is 2. The van der Waals surface area contributed by atoms with Crippen LogP contribution >= 0.6 is 15.9 Å². The van der Waals surface area contributed by atoms with Crippen molar-refractivity contribution in [2.24, 2.45) is 7.05 Å². The molecule has 0 aliphatic heterocycles. The van der Waals surface area contributed by atoms with Gasteiger partial charge in [-0.1, -0.05) is 0 Å². The molecule has 0 atom stereocenters. The van der Waals surface area contributed by atoms with Crippen molar-refractivity contribution in [2.75, 3.05) is 11.1 Å². The summed E-state index contributed by atoms with van der Waals surface area (Å²) in [6, 6.07) is 4.67. The Hall–Kier alpha value is -1.56. The molecule has 0 aliphatic carbocycles. The van der Waals surface area contributed by atoms with Gasteiger partial charge in [0.25, 0.3) is 0 Å². The summed E-state index contributed by atoms with van der Waals surface area (Å²) in [5.41, 5.74) is 7.98. The Morgan fingerprint density at radius 2 is 2.18 bits per heavy atom. The molecule has 1 aromatic carbocycles. The fraction of sp³-hybridized carbons (Fsp3) is 0.182. The summed E-state index contributed by atoms with van der Waals surface area (Å²) in [6.07, 6.45) is 0. The normalized spacial score (nSPS) is 10.6. The van der Waals surface area contributed by atoms with Gasteiger partial charge in [0, 0.05) is 12.7 Å². The van der Waals surface area contributed by atoms with Gasteiger partial charge in [-0.3, -0.25) is 4.68 Å². The third-order valence-electron chi connectivity index (χ3n) is 2.45. The average Bonchev–Trinajstić information content (AvgIpc) is 2.50. The van der Waals surface area contributed by atoms with Gasteiger partial charge in [0.05, 0.1) is 15.9 Å². The predicted molar refractivity (Wildman–Crippen MR) is 69.7 cm³/mol. The van der Waals surface area contributed by atoms with Gasteiger partial charge in [-0.25, -0.2) is 4.39 Å². The highest BCUT2D eigenvalue weighted by Crippen LogP contribution is 2.27. The Bertz CT molecular complexity index is 565. The number of hydrogen-bond acceptors (Lipinski definition) is 3. The van der Waals surface area contributed by atoms with Crippen LogP contribution < -0.4 is 11.1 Å². The number of benzene rings is 1. The molecule has 0 saturated heterocycles. The van der Waals surface area contributed by atoms with Crippen LogP contribution in [0.4, 0.5) is 21.6 Å². The van der Waals surface area contributed by atoms with Crippen molar-refractivity contribution in [3.05, 3.63) is 34.2 Å². The molecular weight excluding hydrogens is 287 g/mol. The van der Waals surface area contributed by atoms with Crippen LogP contribution in [-0.4, -0.2) is 9.78 Å². The smallest absolute Gasteiger partial charge is 0.152 e. The molecule has 0 aliphatic rings.